The van der Waals surface area contributed by atoms with Crippen LogP contribution in [0.1, 0.15) is 96.9 Å². The SMILES string of the molecule is CN(CC1CCN(C(=O)c2ccc(Cl)c(N3CCC(=O)NC3=O)c2)CC1)C[C@H]1CC[C@H](n2cc3cc(NC(=O)c4cccc(C(F)(F)F)n4)c(C(C)(C)O)cc3n2)CC1. The van der Waals surface area contributed by atoms with E-state index in [1.165, 1.54) is 11.0 Å². The molecule has 0 unspecified atom stereocenters. The number of alkyl halides is 3. The minimum absolute atomic E-state index is 0.110. The number of amides is 5. The number of urea groups is 1. The lowest BCUT2D eigenvalue weighted by Crippen LogP contribution is -2.49. The second kappa shape index (κ2) is 16.9. The summed E-state index contributed by atoms with van der Waals surface area (Å²) < 4.78 is 41.7. The molecule has 0 spiro atoms. The predicted octanol–water partition coefficient (Wildman–Crippen LogP) is 7.25. The number of nitrogens with zero attached hydrogens (tertiary/aromatic N) is 6. The topological polar surface area (TPSA) is 153 Å². The van der Waals surface area contributed by atoms with Crippen molar-refractivity contribution in [1.29, 1.82) is 0 Å². The number of piperidine rings is 1. The van der Waals surface area contributed by atoms with Gasteiger partial charge >= 0.3 is 12.2 Å². The maximum atomic E-state index is 13.5. The van der Waals surface area contributed by atoms with Crippen LogP contribution in [0.2, 0.25) is 5.02 Å². The molecule has 5 amide bonds. The second-order valence-corrected chi connectivity index (χ2v) is 16.9. The van der Waals surface area contributed by atoms with E-state index in [9.17, 15) is 37.5 Å². The minimum Gasteiger partial charge on any atom is -0.386 e. The average Bonchev–Trinajstić information content (AvgIpc) is 3.61. The molecule has 1 aliphatic carbocycles. The van der Waals surface area contributed by atoms with Crippen LogP contribution >= 0.6 is 11.6 Å². The first-order chi connectivity index (χ1) is 27.9. The van der Waals surface area contributed by atoms with Crippen LogP contribution in [0.3, 0.4) is 0 Å². The first-order valence-corrected chi connectivity index (χ1v) is 20.3. The number of imide groups is 1. The molecule has 2 saturated heterocycles. The van der Waals surface area contributed by atoms with Crippen LogP contribution in [0.15, 0.2) is 54.7 Å². The van der Waals surface area contributed by atoms with Crippen molar-refractivity contribution in [1.82, 2.24) is 29.9 Å². The molecule has 2 aliphatic heterocycles. The van der Waals surface area contributed by atoms with E-state index in [1.54, 1.807) is 44.2 Å². The first kappa shape index (κ1) is 42.1. The fraction of sp³-hybridized carbons (Fsp3) is 0.476. The number of aromatic nitrogens is 3. The van der Waals surface area contributed by atoms with E-state index in [-0.39, 0.29) is 36.5 Å². The van der Waals surface area contributed by atoms with Gasteiger partial charge < -0.3 is 20.2 Å². The first-order valence-electron chi connectivity index (χ1n) is 19.9. The number of fused-ring (bicyclic) bond motifs is 1. The van der Waals surface area contributed by atoms with Gasteiger partial charge in [-0.1, -0.05) is 17.7 Å². The van der Waals surface area contributed by atoms with Gasteiger partial charge in [-0.2, -0.15) is 18.3 Å². The quantitative estimate of drug-likeness (QED) is 0.151. The van der Waals surface area contributed by atoms with E-state index in [0.29, 0.717) is 52.3 Å². The summed E-state index contributed by atoms with van der Waals surface area (Å²) in [7, 11) is 2.16. The Hall–Kier alpha value is -5.06. The Bertz CT molecular complexity index is 2240. The van der Waals surface area contributed by atoms with Gasteiger partial charge in [0.25, 0.3) is 11.8 Å². The van der Waals surface area contributed by atoms with Gasteiger partial charge in [0, 0.05) is 67.5 Å². The summed E-state index contributed by atoms with van der Waals surface area (Å²) in [6, 6.07) is 11.1. The van der Waals surface area contributed by atoms with Gasteiger partial charge in [-0.05, 0) is 114 Å². The Balaban J connectivity index is 0.905. The van der Waals surface area contributed by atoms with E-state index in [2.05, 4.69) is 27.6 Å². The summed E-state index contributed by atoms with van der Waals surface area (Å²) >= 11 is 6.39. The van der Waals surface area contributed by atoms with Gasteiger partial charge in [-0.3, -0.25) is 29.3 Å². The summed E-state index contributed by atoms with van der Waals surface area (Å²) in [6.45, 7) is 6.50. The fourth-order valence-electron chi connectivity index (χ4n) is 8.49. The van der Waals surface area contributed by atoms with Crippen molar-refractivity contribution < 1.29 is 37.5 Å². The number of halogens is 4. The maximum absolute atomic E-state index is 13.5. The molecule has 59 heavy (non-hydrogen) atoms. The zero-order chi connectivity index (χ0) is 42.2. The molecule has 314 valence electrons. The van der Waals surface area contributed by atoms with E-state index in [0.717, 1.165) is 69.1 Å². The fourth-order valence-corrected chi connectivity index (χ4v) is 8.71. The Kier molecular flexibility index (Phi) is 12.0. The summed E-state index contributed by atoms with van der Waals surface area (Å²) in [5, 5.41) is 21.8. The number of aliphatic hydroxyl groups is 1. The van der Waals surface area contributed by atoms with Crippen LogP contribution in [0.4, 0.5) is 29.3 Å². The van der Waals surface area contributed by atoms with Gasteiger partial charge in [0.2, 0.25) is 5.91 Å². The number of pyridine rings is 1. The third kappa shape index (κ3) is 9.71. The van der Waals surface area contributed by atoms with Crippen molar-refractivity contribution in [2.75, 3.05) is 50.0 Å². The highest BCUT2D eigenvalue weighted by atomic mass is 35.5. The highest BCUT2D eigenvalue weighted by Gasteiger charge is 2.34. The summed E-state index contributed by atoms with van der Waals surface area (Å²) in [4.78, 5) is 59.7. The van der Waals surface area contributed by atoms with Crippen molar-refractivity contribution in [3.05, 3.63) is 82.3 Å². The normalized spacial score (nSPS) is 19.7. The molecule has 2 aromatic carbocycles. The number of hydrogen-bond donors (Lipinski definition) is 3. The summed E-state index contributed by atoms with van der Waals surface area (Å²) in [5.74, 6) is -0.299. The Morgan fingerprint density at radius 1 is 0.966 bits per heavy atom. The van der Waals surface area contributed by atoms with Gasteiger partial charge in [0.1, 0.15) is 11.4 Å². The van der Waals surface area contributed by atoms with Crippen LogP contribution in [-0.4, -0.2) is 93.2 Å². The molecule has 0 radical (unpaired) electrons. The Labute approximate surface area is 344 Å². The van der Waals surface area contributed by atoms with Crippen LogP contribution in [-0.2, 0) is 16.6 Å². The van der Waals surface area contributed by atoms with E-state index in [1.807, 2.05) is 15.8 Å². The number of carbonyl (C=O) groups is 4. The van der Waals surface area contributed by atoms with Gasteiger partial charge in [0.05, 0.1) is 27.9 Å². The van der Waals surface area contributed by atoms with E-state index >= 15 is 0 Å². The van der Waals surface area contributed by atoms with Crippen LogP contribution < -0.4 is 15.5 Å². The van der Waals surface area contributed by atoms with Gasteiger partial charge in [-0.25, -0.2) is 9.78 Å². The number of anilines is 2. The van der Waals surface area contributed by atoms with Crippen molar-refractivity contribution in [2.45, 2.75) is 76.6 Å². The molecule has 0 atom stereocenters. The zero-order valence-corrected chi connectivity index (χ0v) is 33.9. The molecule has 4 aromatic rings. The highest BCUT2D eigenvalue weighted by molar-refractivity contribution is 6.34. The average molecular weight is 837 g/mol. The number of benzene rings is 2. The van der Waals surface area contributed by atoms with Crippen LogP contribution in [0, 0.1) is 11.8 Å². The molecule has 3 fully saturated rings. The lowest BCUT2D eigenvalue weighted by atomic mass is 9.85. The molecular weight excluding hydrogens is 789 g/mol. The molecule has 3 N–H and O–H groups in total. The number of carbonyl (C=O) groups excluding carboxylic acids is 4. The highest BCUT2D eigenvalue weighted by Crippen LogP contribution is 2.37. The standard InChI is InChI=1S/C42H48ClF3N8O5/c1-41(2,59)30-21-33-28(19-34(30)48-38(56)32-5-4-6-36(47-32)42(44,45)46)24-54(50-33)29-10-7-25(8-11-29)22-51(3)23-26-13-16-52(17-14-26)39(57)27-9-12-31(43)35(20-27)53-18-15-37(55)49-40(53)58/h4-6,9,12,19-21,24-26,29,59H,7-8,10-11,13-18,22-23H2,1-3H3,(H,48,56)(H,49,55,58)/t25-,29-. The number of hydrogen-bond acceptors (Lipinski definition) is 8. The smallest absolute Gasteiger partial charge is 0.386 e. The zero-order valence-electron chi connectivity index (χ0n) is 33.2. The second-order valence-electron chi connectivity index (χ2n) is 16.5. The largest absolute Gasteiger partial charge is 0.433 e. The predicted molar refractivity (Wildman–Crippen MR) is 216 cm³/mol. The third-order valence-electron chi connectivity index (χ3n) is 11.6. The van der Waals surface area contributed by atoms with Crippen LogP contribution in [0.25, 0.3) is 10.9 Å². The maximum Gasteiger partial charge on any atom is 0.433 e. The monoisotopic (exact) mass is 836 g/mol. The molecule has 2 aromatic heterocycles. The molecular formula is C42H48ClF3N8O5. The molecule has 0 bridgehead atoms. The van der Waals surface area contributed by atoms with Crippen LogP contribution in [0.5, 0.6) is 0 Å². The summed E-state index contributed by atoms with van der Waals surface area (Å²) in [6.07, 6.45) is 3.06. The number of rotatable bonds is 10. The van der Waals surface area contributed by atoms with E-state index < -0.39 is 35.1 Å². The van der Waals surface area contributed by atoms with Crippen molar-refractivity contribution in [3.63, 3.8) is 0 Å². The molecule has 7 rings (SSSR count). The molecule has 3 aliphatic rings. The van der Waals surface area contributed by atoms with Crippen molar-refractivity contribution >= 4 is 57.6 Å². The number of nitrogens with one attached hydrogen (secondary N) is 2. The molecule has 17 heteroatoms. The number of likely N-dealkylation sites (tertiary alicyclic amines) is 1. The molecule has 13 nitrogen and oxygen atoms in total. The van der Waals surface area contributed by atoms with Crippen molar-refractivity contribution in [3.8, 4) is 0 Å². The van der Waals surface area contributed by atoms with Gasteiger partial charge in [-0.15, -0.1) is 0 Å². The lowest BCUT2D eigenvalue weighted by Gasteiger charge is -2.36. The molecule has 4 heterocycles. The Morgan fingerprint density at radius 2 is 1.66 bits per heavy atom. The minimum atomic E-state index is -4.70. The molecule has 1 saturated carbocycles. The van der Waals surface area contributed by atoms with E-state index in [4.69, 9.17) is 16.7 Å². The van der Waals surface area contributed by atoms with Crippen molar-refractivity contribution in [2.24, 2.45) is 11.8 Å². The third-order valence-corrected chi connectivity index (χ3v) is 11.9. The lowest BCUT2D eigenvalue weighted by molar-refractivity contribution is -0.141. The Morgan fingerprint density at radius 3 is 2.32 bits per heavy atom. The van der Waals surface area contributed by atoms with Gasteiger partial charge in [0.15, 0.2) is 0 Å². The summed E-state index contributed by atoms with van der Waals surface area (Å²) in [5.41, 5.74) is -0.822.